The fraction of sp³-hybridized carbons (Fsp3) is 0.130. The van der Waals surface area contributed by atoms with Crippen LogP contribution in [0.1, 0.15) is 5.56 Å². The van der Waals surface area contributed by atoms with Gasteiger partial charge in [0.1, 0.15) is 0 Å². The highest BCUT2D eigenvalue weighted by atomic mass is 35.5. The van der Waals surface area contributed by atoms with Gasteiger partial charge in [-0.2, -0.15) is 4.98 Å². The van der Waals surface area contributed by atoms with Crippen molar-refractivity contribution in [3.05, 3.63) is 92.3 Å². The van der Waals surface area contributed by atoms with Gasteiger partial charge in [-0.15, -0.1) is 0 Å². The number of pyridine rings is 1. The zero-order valence-corrected chi connectivity index (χ0v) is 18.2. The van der Waals surface area contributed by atoms with E-state index in [0.717, 1.165) is 16.5 Å². The van der Waals surface area contributed by atoms with Gasteiger partial charge in [0, 0.05) is 37.6 Å². The Bertz CT molecular complexity index is 1600. The Morgan fingerprint density at radius 2 is 1.72 bits per heavy atom. The van der Waals surface area contributed by atoms with Gasteiger partial charge in [-0.25, -0.2) is 4.79 Å². The lowest BCUT2D eigenvalue weighted by Crippen LogP contribution is -2.39. The first-order chi connectivity index (χ1) is 15.5. The molecule has 5 aromatic rings. The molecule has 1 N–H and O–H groups in total. The molecule has 3 heterocycles. The average molecular weight is 447 g/mol. The van der Waals surface area contributed by atoms with Gasteiger partial charge in [-0.3, -0.25) is 18.9 Å². The zero-order valence-electron chi connectivity index (χ0n) is 17.4. The minimum atomic E-state index is -0.458. The third-order valence-corrected chi connectivity index (χ3v) is 6.01. The largest absolute Gasteiger partial charge is 0.332 e. The van der Waals surface area contributed by atoms with Gasteiger partial charge in [-0.1, -0.05) is 48.0 Å². The molecule has 2 aromatic carbocycles. The molecule has 0 aliphatic rings. The zero-order chi connectivity index (χ0) is 22.4. The number of benzene rings is 2. The van der Waals surface area contributed by atoms with E-state index in [0.29, 0.717) is 27.7 Å². The van der Waals surface area contributed by atoms with Crippen molar-refractivity contribution >= 4 is 45.2 Å². The summed E-state index contributed by atoms with van der Waals surface area (Å²) < 4.78 is 4.22. The van der Waals surface area contributed by atoms with E-state index in [1.165, 1.54) is 9.13 Å². The van der Waals surface area contributed by atoms with E-state index in [1.54, 1.807) is 43.2 Å². The number of fused-ring (bicyclic) bond motifs is 2. The number of halogens is 1. The van der Waals surface area contributed by atoms with Crippen LogP contribution in [0.4, 0.5) is 11.6 Å². The van der Waals surface area contributed by atoms with Crippen LogP contribution in [0.15, 0.2) is 70.5 Å². The molecule has 0 atom stereocenters. The Hall–Kier alpha value is -3.91. The summed E-state index contributed by atoms with van der Waals surface area (Å²) in [6.45, 7) is 0.0589. The molecule has 0 bridgehead atoms. The number of imidazole rings is 1. The molecule has 5 rings (SSSR count). The van der Waals surface area contributed by atoms with E-state index >= 15 is 0 Å². The second-order valence-corrected chi connectivity index (χ2v) is 7.90. The Kier molecular flexibility index (Phi) is 4.79. The molecule has 0 amide bonds. The molecule has 0 saturated carbocycles. The molecule has 0 unspecified atom stereocenters. The van der Waals surface area contributed by atoms with Crippen LogP contribution in [0, 0.1) is 0 Å². The SMILES string of the molecule is Cn1c(Nc2ccncc2)nc2c1c(=O)n(Cc1ccc3ccccc3c1Cl)c(=O)n2C. The predicted octanol–water partition coefficient (Wildman–Crippen LogP) is 3.43. The van der Waals surface area contributed by atoms with Gasteiger partial charge in [0.05, 0.1) is 11.6 Å². The number of anilines is 2. The van der Waals surface area contributed by atoms with E-state index in [1.807, 2.05) is 36.4 Å². The van der Waals surface area contributed by atoms with E-state index in [4.69, 9.17) is 11.6 Å². The van der Waals surface area contributed by atoms with E-state index in [-0.39, 0.29) is 6.54 Å². The third kappa shape index (κ3) is 3.16. The second kappa shape index (κ2) is 7.65. The summed E-state index contributed by atoms with van der Waals surface area (Å²) >= 11 is 6.62. The van der Waals surface area contributed by atoms with Crippen LogP contribution < -0.4 is 16.6 Å². The quantitative estimate of drug-likeness (QED) is 0.457. The number of aromatic nitrogens is 5. The maximum Gasteiger partial charge on any atom is 0.332 e. The van der Waals surface area contributed by atoms with Gasteiger partial charge >= 0.3 is 5.69 Å². The summed E-state index contributed by atoms with van der Waals surface area (Å²) in [6.07, 6.45) is 3.31. The predicted molar refractivity (Wildman–Crippen MR) is 126 cm³/mol. The van der Waals surface area contributed by atoms with Gasteiger partial charge in [0.25, 0.3) is 5.56 Å². The van der Waals surface area contributed by atoms with Crippen molar-refractivity contribution in [1.29, 1.82) is 0 Å². The first kappa shape index (κ1) is 20.0. The lowest BCUT2D eigenvalue weighted by molar-refractivity contribution is 0.655. The molecular formula is C23H19ClN6O2. The summed E-state index contributed by atoms with van der Waals surface area (Å²) in [5.74, 6) is 0.444. The van der Waals surface area contributed by atoms with Crippen LogP contribution in [0.25, 0.3) is 21.9 Å². The number of nitrogens with zero attached hydrogens (tertiary/aromatic N) is 5. The van der Waals surface area contributed by atoms with Crippen molar-refractivity contribution in [2.24, 2.45) is 14.1 Å². The van der Waals surface area contributed by atoms with Crippen molar-refractivity contribution in [2.45, 2.75) is 6.54 Å². The van der Waals surface area contributed by atoms with Crippen LogP contribution >= 0.6 is 11.6 Å². The molecule has 0 aliphatic carbocycles. The molecule has 160 valence electrons. The van der Waals surface area contributed by atoms with Gasteiger partial charge < -0.3 is 9.88 Å². The van der Waals surface area contributed by atoms with Crippen molar-refractivity contribution in [2.75, 3.05) is 5.32 Å². The minimum absolute atomic E-state index is 0.0589. The van der Waals surface area contributed by atoms with Crippen molar-refractivity contribution in [3.63, 3.8) is 0 Å². The molecule has 8 nitrogen and oxygen atoms in total. The van der Waals surface area contributed by atoms with Crippen LogP contribution in [0.5, 0.6) is 0 Å². The van der Waals surface area contributed by atoms with Crippen molar-refractivity contribution < 1.29 is 0 Å². The normalized spacial score (nSPS) is 11.3. The second-order valence-electron chi connectivity index (χ2n) is 7.52. The van der Waals surface area contributed by atoms with Crippen LogP contribution in [-0.2, 0) is 20.6 Å². The number of nitrogens with one attached hydrogen (secondary N) is 1. The molecule has 32 heavy (non-hydrogen) atoms. The highest BCUT2D eigenvalue weighted by Crippen LogP contribution is 2.27. The molecule has 3 aromatic heterocycles. The Balaban J connectivity index is 1.65. The van der Waals surface area contributed by atoms with Gasteiger partial charge in [0.2, 0.25) is 5.95 Å². The standard InChI is InChI=1S/C23H19ClN6O2/c1-28-19-20(27-22(28)26-16-9-11-25-12-10-16)29(2)23(32)30(21(19)31)13-15-8-7-14-5-3-4-6-17(14)18(15)24/h3-12H,13H2,1-2H3,(H,25,26,27). The molecule has 9 heteroatoms. The third-order valence-electron chi connectivity index (χ3n) is 5.57. The molecule has 0 radical (unpaired) electrons. The summed E-state index contributed by atoms with van der Waals surface area (Å²) in [7, 11) is 3.34. The molecular weight excluding hydrogens is 428 g/mol. The number of aryl methyl sites for hydroxylation is 2. The maximum atomic E-state index is 13.4. The highest BCUT2D eigenvalue weighted by molar-refractivity contribution is 6.36. The monoisotopic (exact) mass is 446 g/mol. The first-order valence-corrected chi connectivity index (χ1v) is 10.3. The fourth-order valence-electron chi connectivity index (χ4n) is 3.83. The number of rotatable bonds is 4. The maximum absolute atomic E-state index is 13.4. The van der Waals surface area contributed by atoms with Crippen molar-refractivity contribution in [1.82, 2.24) is 23.7 Å². The number of hydrogen-bond donors (Lipinski definition) is 1. The van der Waals surface area contributed by atoms with Crippen LogP contribution in [0.2, 0.25) is 5.02 Å². The topological polar surface area (TPSA) is 86.7 Å². The summed E-state index contributed by atoms with van der Waals surface area (Å²) in [5, 5.41) is 5.56. The van der Waals surface area contributed by atoms with Crippen LogP contribution in [0.3, 0.4) is 0 Å². The van der Waals surface area contributed by atoms with Crippen LogP contribution in [-0.4, -0.2) is 23.7 Å². The fourth-order valence-corrected chi connectivity index (χ4v) is 4.13. The summed E-state index contributed by atoms with van der Waals surface area (Å²) in [6, 6.07) is 15.1. The average Bonchev–Trinajstić information content (AvgIpc) is 3.13. The highest BCUT2D eigenvalue weighted by Gasteiger charge is 2.19. The summed E-state index contributed by atoms with van der Waals surface area (Å²) in [4.78, 5) is 34.9. The lowest BCUT2D eigenvalue weighted by atomic mass is 10.1. The summed E-state index contributed by atoms with van der Waals surface area (Å²) in [5.41, 5.74) is 1.21. The number of hydrogen-bond acceptors (Lipinski definition) is 5. The minimum Gasteiger partial charge on any atom is -0.325 e. The smallest absolute Gasteiger partial charge is 0.325 e. The van der Waals surface area contributed by atoms with E-state index in [2.05, 4.69) is 15.3 Å². The Morgan fingerprint density at radius 1 is 0.969 bits per heavy atom. The van der Waals surface area contributed by atoms with Gasteiger partial charge in [0.15, 0.2) is 11.2 Å². The Morgan fingerprint density at radius 3 is 2.50 bits per heavy atom. The molecule has 0 aliphatic heterocycles. The van der Waals surface area contributed by atoms with E-state index in [9.17, 15) is 9.59 Å². The van der Waals surface area contributed by atoms with E-state index < -0.39 is 11.2 Å². The Labute approximate surface area is 187 Å². The lowest BCUT2D eigenvalue weighted by Gasteiger charge is -2.11. The first-order valence-electron chi connectivity index (χ1n) is 9.95. The van der Waals surface area contributed by atoms with Gasteiger partial charge in [-0.05, 0) is 23.1 Å². The molecule has 0 saturated heterocycles. The molecule has 0 spiro atoms. The van der Waals surface area contributed by atoms with Crippen molar-refractivity contribution in [3.8, 4) is 0 Å². The molecule has 0 fully saturated rings.